The van der Waals surface area contributed by atoms with Crippen molar-refractivity contribution < 1.29 is 9.53 Å². The van der Waals surface area contributed by atoms with Crippen LogP contribution in [-0.4, -0.2) is 23.5 Å². The first-order valence-electron chi connectivity index (χ1n) is 9.19. The number of hydrogen-bond donors (Lipinski definition) is 0. The van der Waals surface area contributed by atoms with Gasteiger partial charge in [0.05, 0.1) is 6.54 Å². The zero-order valence-corrected chi connectivity index (χ0v) is 15.2. The summed E-state index contributed by atoms with van der Waals surface area (Å²) in [4.78, 5) is 14.6. The Morgan fingerprint density at radius 3 is 2.76 bits per heavy atom. The van der Waals surface area contributed by atoms with Gasteiger partial charge in [-0.2, -0.15) is 0 Å². The number of carbonyl (C=O) groups is 1. The molecule has 0 saturated carbocycles. The summed E-state index contributed by atoms with van der Waals surface area (Å²) in [6.07, 6.45) is 3.65. The van der Waals surface area contributed by atoms with Crippen molar-refractivity contribution in [3.05, 3.63) is 65.2 Å². The van der Waals surface area contributed by atoms with Gasteiger partial charge in [-0.3, -0.25) is 4.79 Å². The summed E-state index contributed by atoms with van der Waals surface area (Å²) in [5, 5.41) is 0. The smallest absolute Gasteiger partial charge is 0.222 e. The van der Waals surface area contributed by atoms with Crippen LogP contribution in [0.4, 0.5) is 0 Å². The lowest BCUT2D eigenvalue weighted by atomic mass is 10.1. The first kappa shape index (κ1) is 17.5. The Kier molecular flexibility index (Phi) is 5.75. The largest absolute Gasteiger partial charge is 0.489 e. The van der Waals surface area contributed by atoms with E-state index in [1.54, 1.807) is 0 Å². The second-order valence-electron chi connectivity index (χ2n) is 7.01. The molecule has 1 aliphatic heterocycles. The number of amides is 1. The quantitative estimate of drug-likeness (QED) is 0.751. The minimum Gasteiger partial charge on any atom is -0.489 e. The van der Waals surface area contributed by atoms with Crippen molar-refractivity contribution >= 4 is 5.91 Å². The molecule has 0 bridgehead atoms. The molecular weight excluding hydrogens is 310 g/mol. The SMILES string of the molecule is Cc1ccc2c(c1)CN(C(=O)CCCCc1ccccc1)CC(C)O2. The molecule has 1 aliphatic rings. The van der Waals surface area contributed by atoms with Gasteiger partial charge in [0.1, 0.15) is 11.9 Å². The molecule has 0 aromatic heterocycles. The van der Waals surface area contributed by atoms with Gasteiger partial charge in [0.25, 0.3) is 0 Å². The van der Waals surface area contributed by atoms with Crippen LogP contribution < -0.4 is 4.74 Å². The molecule has 0 spiro atoms. The first-order valence-corrected chi connectivity index (χ1v) is 9.19. The normalized spacial score (nSPS) is 16.7. The Morgan fingerprint density at radius 1 is 1.16 bits per heavy atom. The molecule has 1 heterocycles. The molecule has 2 aromatic carbocycles. The van der Waals surface area contributed by atoms with E-state index in [0.717, 1.165) is 30.6 Å². The lowest BCUT2D eigenvalue weighted by Crippen LogP contribution is -2.35. The van der Waals surface area contributed by atoms with E-state index in [4.69, 9.17) is 4.74 Å². The molecule has 1 amide bonds. The standard InChI is InChI=1S/C22H27NO2/c1-17-12-13-21-20(14-17)16-23(15-18(2)25-21)22(24)11-7-6-10-19-8-4-3-5-9-19/h3-5,8-9,12-14,18H,6-7,10-11,15-16H2,1-2H3. The van der Waals surface area contributed by atoms with Crippen molar-refractivity contribution in [2.24, 2.45) is 0 Å². The van der Waals surface area contributed by atoms with Crippen LogP contribution in [0.25, 0.3) is 0 Å². The van der Waals surface area contributed by atoms with Crippen molar-refractivity contribution in [3.8, 4) is 5.75 Å². The number of benzene rings is 2. The maximum Gasteiger partial charge on any atom is 0.222 e. The number of hydrogen-bond acceptors (Lipinski definition) is 2. The molecule has 0 N–H and O–H groups in total. The van der Waals surface area contributed by atoms with E-state index in [9.17, 15) is 4.79 Å². The van der Waals surface area contributed by atoms with E-state index >= 15 is 0 Å². The number of nitrogens with zero attached hydrogens (tertiary/aromatic N) is 1. The molecule has 1 atom stereocenters. The third-order valence-electron chi connectivity index (χ3n) is 4.68. The fourth-order valence-corrected chi connectivity index (χ4v) is 3.38. The van der Waals surface area contributed by atoms with Gasteiger partial charge in [-0.1, -0.05) is 48.0 Å². The highest BCUT2D eigenvalue weighted by Gasteiger charge is 2.23. The van der Waals surface area contributed by atoms with Crippen LogP contribution in [0, 0.1) is 6.92 Å². The molecule has 0 aliphatic carbocycles. The molecule has 2 aromatic rings. The van der Waals surface area contributed by atoms with E-state index < -0.39 is 0 Å². The molecule has 0 radical (unpaired) electrons. The number of ether oxygens (including phenoxy) is 1. The lowest BCUT2D eigenvalue weighted by molar-refractivity contribution is -0.132. The van der Waals surface area contributed by atoms with Crippen molar-refractivity contribution in [1.82, 2.24) is 4.90 Å². The lowest BCUT2D eigenvalue weighted by Gasteiger charge is -2.22. The van der Waals surface area contributed by atoms with E-state index in [1.165, 1.54) is 11.1 Å². The van der Waals surface area contributed by atoms with E-state index in [0.29, 0.717) is 19.5 Å². The van der Waals surface area contributed by atoms with Crippen LogP contribution in [0.15, 0.2) is 48.5 Å². The zero-order valence-electron chi connectivity index (χ0n) is 15.2. The number of unbranched alkanes of at least 4 members (excludes halogenated alkanes) is 1. The second kappa shape index (κ2) is 8.19. The van der Waals surface area contributed by atoms with Crippen LogP contribution in [0.3, 0.4) is 0 Å². The fraction of sp³-hybridized carbons (Fsp3) is 0.409. The van der Waals surface area contributed by atoms with Gasteiger partial charge >= 0.3 is 0 Å². The van der Waals surface area contributed by atoms with Crippen LogP contribution in [0.2, 0.25) is 0 Å². The summed E-state index contributed by atoms with van der Waals surface area (Å²) in [7, 11) is 0. The Balaban J connectivity index is 1.54. The molecule has 1 unspecified atom stereocenters. The van der Waals surface area contributed by atoms with E-state index in [2.05, 4.69) is 43.3 Å². The highest BCUT2D eigenvalue weighted by molar-refractivity contribution is 5.76. The molecular formula is C22H27NO2. The molecule has 3 rings (SSSR count). The van der Waals surface area contributed by atoms with Gasteiger partial charge in [0, 0.05) is 18.5 Å². The minimum absolute atomic E-state index is 0.0252. The van der Waals surface area contributed by atoms with Gasteiger partial charge in [0.2, 0.25) is 5.91 Å². The van der Waals surface area contributed by atoms with Gasteiger partial charge in [-0.05, 0) is 44.7 Å². The molecule has 25 heavy (non-hydrogen) atoms. The maximum atomic E-state index is 12.7. The Bertz CT molecular complexity index is 711. The summed E-state index contributed by atoms with van der Waals surface area (Å²) in [6, 6.07) is 16.7. The van der Waals surface area contributed by atoms with E-state index in [-0.39, 0.29) is 12.0 Å². The third-order valence-corrected chi connectivity index (χ3v) is 4.68. The summed E-state index contributed by atoms with van der Waals surface area (Å²) >= 11 is 0. The van der Waals surface area contributed by atoms with Gasteiger partial charge in [-0.15, -0.1) is 0 Å². The summed E-state index contributed by atoms with van der Waals surface area (Å²) < 4.78 is 5.98. The van der Waals surface area contributed by atoms with Crippen molar-refractivity contribution in [2.75, 3.05) is 6.54 Å². The monoisotopic (exact) mass is 337 g/mol. The number of aryl methyl sites for hydroxylation is 2. The predicted molar refractivity (Wildman–Crippen MR) is 101 cm³/mol. The molecule has 3 heteroatoms. The Hall–Kier alpha value is -2.29. The number of carbonyl (C=O) groups excluding carboxylic acids is 1. The Morgan fingerprint density at radius 2 is 1.96 bits per heavy atom. The summed E-state index contributed by atoms with van der Waals surface area (Å²) in [5.41, 5.74) is 3.66. The third kappa shape index (κ3) is 4.85. The van der Waals surface area contributed by atoms with Crippen LogP contribution in [-0.2, 0) is 17.8 Å². The van der Waals surface area contributed by atoms with Gasteiger partial charge in [0.15, 0.2) is 0 Å². The average molecular weight is 337 g/mol. The molecule has 132 valence electrons. The van der Waals surface area contributed by atoms with Crippen LogP contribution >= 0.6 is 0 Å². The van der Waals surface area contributed by atoms with Gasteiger partial charge < -0.3 is 9.64 Å². The van der Waals surface area contributed by atoms with Crippen LogP contribution in [0.1, 0.15) is 42.9 Å². The number of fused-ring (bicyclic) bond motifs is 1. The highest BCUT2D eigenvalue weighted by Crippen LogP contribution is 2.26. The highest BCUT2D eigenvalue weighted by atomic mass is 16.5. The first-order chi connectivity index (χ1) is 12.1. The topological polar surface area (TPSA) is 29.5 Å². The zero-order chi connectivity index (χ0) is 17.6. The molecule has 0 saturated heterocycles. The average Bonchev–Trinajstić information content (AvgIpc) is 2.77. The summed E-state index contributed by atoms with van der Waals surface area (Å²) in [5.74, 6) is 1.15. The van der Waals surface area contributed by atoms with Gasteiger partial charge in [-0.25, -0.2) is 0 Å². The fourth-order valence-electron chi connectivity index (χ4n) is 3.38. The van der Waals surface area contributed by atoms with Crippen molar-refractivity contribution in [3.63, 3.8) is 0 Å². The Labute approximate surface area is 150 Å². The summed E-state index contributed by atoms with van der Waals surface area (Å²) in [6.45, 7) is 5.42. The van der Waals surface area contributed by atoms with Crippen molar-refractivity contribution in [1.29, 1.82) is 0 Å². The van der Waals surface area contributed by atoms with E-state index in [1.807, 2.05) is 24.0 Å². The minimum atomic E-state index is 0.0252. The maximum absolute atomic E-state index is 12.7. The predicted octanol–water partition coefficient (Wildman–Crippen LogP) is 4.52. The molecule has 3 nitrogen and oxygen atoms in total. The molecule has 0 fully saturated rings. The second-order valence-corrected chi connectivity index (χ2v) is 7.01. The van der Waals surface area contributed by atoms with Crippen molar-refractivity contribution in [2.45, 2.75) is 52.2 Å². The van der Waals surface area contributed by atoms with Crippen LogP contribution in [0.5, 0.6) is 5.75 Å². The number of rotatable bonds is 5.